The lowest BCUT2D eigenvalue weighted by atomic mass is 9.86. The molecule has 9 nitrogen and oxygen atoms in total. The van der Waals surface area contributed by atoms with Gasteiger partial charge in [-0.1, -0.05) is 65.7 Å². The maximum Gasteiger partial charge on any atom is 0.264 e. The second kappa shape index (κ2) is 17.0. The fourth-order valence-corrected chi connectivity index (χ4v) is 7.45. The van der Waals surface area contributed by atoms with Gasteiger partial charge in [0.05, 0.1) is 17.5 Å². The summed E-state index contributed by atoms with van der Waals surface area (Å²) in [4.78, 5) is 28.0. The molecule has 0 saturated heterocycles. The van der Waals surface area contributed by atoms with Crippen molar-refractivity contribution in [3.8, 4) is 0 Å². The molecule has 1 atom stereocenters. The maximum atomic E-state index is 13.3. The number of rotatable bonds is 7. The Morgan fingerprint density at radius 2 is 1.82 bits per heavy atom. The lowest BCUT2D eigenvalue weighted by Gasteiger charge is -2.33. The number of benzene rings is 1. The molecule has 0 saturated carbocycles. The maximum absolute atomic E-state index is 13.3. The minimum absolute atomic E-state index is 0.00264. The van der Waals surface area contributed by atoms with Gasteiger partial charge in [-0.2, -0.15) is 0 Å². The highest BCUT2D eigenvalue weighted by Gasteiger charge is 2.31. The van der Waals surface area contributed by atoms with E-state index in [1.165, 1.54) is 5.56 Å². The number of amides is 2. The number of aromatic nitrogens is 1. The lowest BCUT2D eigenvalue weighted by molar-refractivity contribution is -0.121. The number of ether oxygens (including phenoxy) is 1. The second-order valence-electron chi connectivity index (χ2n) is 11.7. The van der Waals surface area contributed by atoms with Gasteiger partial charge in [0.25, 0.3) is 5.91 Å². The molecule has 4 rings (SSSR count). The fraction of sp³-hybridized carbons (Fsp3) is 0.600. The number of allylic oxidation sites excluding steroid dienone is 4. The van der Waals surface area contributed by atoms with Crippen molar-refractivity contribution in [1.82, 2.24) is 19.5 Å². The summed E-state index contributed by atoms with van der Waals surface area (Å²) in [6.45, 7) is 14.7. The van der Waals surface area contributed by atoms with Gasteiger partial charge in [0.2, 0.25) is 15.9 Å². The van der Waals surface area contributed by atoms with E-state index in [1.807, 2.05) is 46.0 Å². The number of fused-ring (bicyclic) bond motifs is 2. The van der Waals surface area contributed by atoms with Crippen molar-refractivity contribution in [1.29, 1.82) is 0 Å². The molecule has 10 heteroatoms. The molecule has 0 radical (unpaired) electrons. The molecule has 2 amide bonds. The highest BCUT2D eigenvalue weighted by Crippen LogP contribution is 2.43. The standard InChI is InChI=1S/C33H48N4O5S.C2H6/c1-6-11-23(12-7-2)31-26-16-15-24-20-28(26)37-21-25(22-42-29(9-4)27(13-8-3)32(31)37)36(5)18-17-34-30(38)14-10-19-43(40,41)35-33(24)39;1-2/h8,13,15-16,20,23,25H,6-7,9-12,14,17-19,21-22H2,1-5H3,(H,34,38)(H,35,39);1-2H3/b13-8-,29-27-;/t25-;/m1./s1. The summed E-state index contributed by atoms with van der Waals surface area (Å²) in [6.07, 6.45) is 9.28. The number of sulfonamides is 1. The first-order chi connectivity index (χ1) is 21.6. The summed E-state index contributed by atoms with van der Waals surface area (Å²) in [5.41, 5.74) is 4.66. The second-order valence-corrected chi connectivity index (χ2v) is 13.6. The molecule has 45 heavy (non-hydrogen) atoms. The Hall–Kier alpha value is -3.11. The number of nitrogens with zero attached hydrogens (tertiary/aromatic N) is 2. The van der Waals surface area contributed by atoms with Gasteiger partial charge in [0, 0.05) is 54.5 Å². The minimum Gasteiger partial charge on any atom is -0.496 e. The average molecular weight is 643 g/mol. The third kappa shape index (κ3) is 8.79. The SMILES string of the molecule is C/C=C\C1=C(/CC)OC[C@H]2Cn3c1c(C(CCC)CCC)c1ccc(cc13)C(=O)NS(=O)(=O)CCCC(=O)NCCN2C.CC. The first-order valence-electron chi connectivity index (χ1n) is 16.8. The number of carbonyl (C=O) groups is 2. The summed E-state index contributed by atoms with van der Waals surface area (Å²) in [5, 5.41) is 4.01. The van der Waals surface area contributed by atoms with Crippen molar-refractivity contribution in [2.24, 2.45) is 0 Å². The predicted molar refractivity (Wildman–Crippen MR) is 184 cm³/mol. The van der Waals surface area contributed by atoms with E-state index in [-0.39, 0.29) is 30.5 Å². The van der Waals surface area contributed by atoms with Crippen LogP contribution in [-0.4, -0.2) is 68.2 Å². The molecule has 2 N–H and O–H groups in total. The molecule has 2 aliphatic heterocycles. The van der Waals surface area contributed by atoms with E-state index in [0.29, 0.717) is 37.7 Å². The van der Waals surface area contributed by atoms with Crippen molar-refractivity contribution in [2.75, 3.05) is 32.5 Å². The summed E-state index contributed by atoms with van der Waals surface area (Å²) < 4.78 is 36.7. The molecular formula is C35H54N4O5S. The van der Waals surface area contributed by atoms with Gasteiger partial charge in [-0.15, -0.1) is 0 Å². The Morgan fingerprint density at radius 3 is 2.47 bits per heavy atom. The van der Waals surface area contributed by atoms with Gasteiger partial charge in [0.15, 0.2) is 0 Å². The Morgan fingerprint density at radius 1 is 1.11 bits per heavy atom. The molecule has 4 bridgehead atoms. The zero-order valence-electron chi connectivity index (χ0n) is 28.4. The molecule has 2 aliphatic rings. The van der Waals surface area contributed by atoms with E-state index in [2.05, 4.69) is 46.4 Å². The third-order valence-corrected chi connectivity index (χ3v) is 9.90. The van der Waals surface area contributed by atoms with Gasteiger partial charge >= 0.3 is 0 Å². The summed E-state index contributed by atoms with van der Waals surface area (Å²) in [7, 11) is -1.86. The molecule has 0 fully saturated rings. The normalized spacial score (nSPS) is 21.6. The van der Waals surface area contributed by atoms with Gasteiger partial charge in [-0.05, 0) is 56.8 Å². The van der Waals surface area contributed by atoms with E-state index in [4.69, 9.17) is 4.74 Å². The smallest absolute Gasteiger partial charge is 0.264 e. The number of likely N-dealkylation sites (N-methyl/N-ethyl adjacent to an activating group) is 1. The summed E-state index contributed by atoms with van der Waals surface area (Å²) in [5.74, 6) is 0.0786. The van der Waals surface area contributed by atoms with Crippen molar-refractivity contribution >= 4 is 38.3 Å². The number of hydrogen-bond acceptors (Lipinski definition) is 6. The van der Waals surface area contributed by atoms with Gasteiger partial charge in [-0.25, -0.2) is 13.1 Å². The van der Waals surface area contributed by atoms with E-state index in [1.54, 1.807) is 6.07 Å². The first-order valence-corrected chi connectivity index (χ1v) is 18.5. The Labute approximate surface area is 270 Å². The van der Waals surface area contributed by atoms with Crippen molar-refractivity contribution < 1.29 is 22.7 Å². The van der Waals surface area contributed by atoms with Crippen LogP contribution in [0.2, 0.25) is 0 Å². The number of hydrogen-bond donors (Lipinski definition) is 2. The quantitative estimate of drug-likeness (QED) is 0.364. The van der Waals surface area contributed by atoms with E-state index in [9.17, 15) is 18.0 Å². The van der Waals surface area contributed by atoms with E-state index < -0.39 is 15.9 Å². The highest BCUT2D eigenvalue weighted by molar-refractivity contribution is 7.90. The van der Waals surface area contributed by atoms with E-state index >= 15 is 0 Å². The Kier molecular flexibility index (Phi) is 13.7. The van der Waals surface area contributed by atoms with Crippen LogP contribution < -0.4 is 10.0 Å². The average Bonchev–Trinajstić information content (AvgIpc) is 3.31. The zero-order chi connectivity index (χ0) is 33.1. The van der Waals surface area contributed by atoms with Crippen LogP contribution in [0.5, 0.6) is 0 Å². The van der Waals surface area contributed by atoms with Crippen LogP contribution in [0, 0.1) is 0 Å². The van der Waals surface area contributed by atoms with Crippen molar-refractivity contribution in [2.45, 2.75) is 105 Å². The van der Waals surface area contributed by atoms with Crippen LogP contribution in [0.4, 0.5) is 0 Å². The molecule has 3 heterocycles. The van der Waals surface area contributed by atoms with Crippen LogP contribution in [0.1, 0.15) is 114 Å². The molecule has 0 aliphatic carbocycles. The highest BCUT2D eigenvalue weighted by atomic mass is 32.2. The zero-order valence-corrected chi connectivity index (χ0v) is 29.2. The number of nitrogens with one attached hydrogen (secondary N) is 2. The van der Waals surface area contributed by atoms with Crippen molar-refractivity contribution in [3.05, 3.63) is 52.9 Å². The minimum atomic E-state index is -3.90. The number of carbonyl (C=O) groups excluding carboxylic acids is 2. The van der Waals surface area contributed by atoms with Crippen LogP contribution in [0.25, 0.3) is 16.5 Å². The van der Waals surface area contributed by atoms with Crippen molar-refractivity contribution in [3.63, 3.8) is 0 Å². The third-order valence-electron chi connectivity index (χ3n) is 8.58. The fourth-order valence-electron chi connectivity index (χ4n) is 6.42. The van der Waals surface area contributed by atoms with Gasteiger partial charge < -0.3 is 14.6 Å². The molecule has 250 valence electrons. The predicted octanol–water partition coefficient (Wildman–Crippen LogP) is 6.35. The van der Waals surface area contributed by atoms with Crippen LogP contribution in [0.15, 0.2) is 36.1 Å². The molecule has 1 aromatic heterocycles. The monoisotopic (exact) mass is 642 g/mol. The largest absolute Gasteiger partial charge is 0.496 e. The van der Waals surface area contributed by atoms with Gasteiger partial charge in [-0.3, -0.25) is 14.5 Å². The molecule has 1 aromatic carbocycles. The molecule has 2 aromatic rings. The van der Waals surface area contributed by atoms with Gasteiger partial charge in [0.1, 0.15) is 12.4 Å². The topological polar surface area (TPSA) is 110 Å². The Bertz CT molecular complexity index is 1480. The first kappa shape index (κ1) is 36.4. The molecular weight excluding hydrogens is 588 g/mol. The molecule has 0 unspecified atom stereocenters. The lowest BCUT2D eigenvalue weighted by Crippen LogP contribution is -2.43. The van der Waals surface area contributed by atoms with Crippen LogP contribution in [-0.2, 0) is 26.1 Å². The summed E-state index contributed by atoms with van der Waals surface area (Å²) in [6, 6.07) is 5.58. The molecule has 0 spiro atoms. The Balaban J connectivity index is 0.00000271. The van der Waals surface area contributed by atoms with Crippen LogP contribution in [0.3, 0.4) is 0 Å². The van der Waals surface area contributed by atoms with Crippen LogP contribution >= 0.6 is 0 Å². The summed E-state index contributed by atoms with van der Waals surface area (Å²) >= 11 is 0. The van der Waals surface area contributed by atoms with E-state index in [0.717, 1.165) is 60.0 Å².